The van der Waals surface area contributed by atoms with Crippen molar-refractivity contribution in [1.29, 1.82) is 0 Å². The van der Waals surface area contributed by atoms with E-state index in [0.717, 1.165) is 16.8 Å². The van der Waals surface area contributed by atoms with Crippen molar-refractivity contribution >= 4 is 46.7 Å². The van der Waals surface area contributed by atoms with Gasteiger partial charge in [0.05, 0.1) is 11.7 Å². The first kappa shape index (κ1) is 25.0. The van der Waals surface area contributed by atoms with Crippen molar-refractivity contribution in [3.8, 4) is 5.69 Å². The van der Waals surface area contributed by atoms with Crippen LogP contribution >= 0.6 is 35.0 Å². The maximum absolute atomic E-state index is 13.3. The Labute approximate surface area is 216 Å². The van der Waals surface area contributed by atoms with E-state index < -0.39 is 12.1 Å². The summed E-state index contributed by atoms with van der Waals surface area (Å²) in [6, 6.07) is 17.9. The third-order valence-corrected chi connectivity index (χ3v) is 6.68. The van der Waals surface area contributed by atoms with Gasteiger partial charge in [-0.25, -0.2) is 9.18 Å². The molecule has 0 bridgehead atoms. The molecule has 1 atom stereocenters. The fourth-order valence-electron chi connectivity index (χ4n) is 3.40. The summed E-state index contributed by atoms with van der Waals surface area (Å²) in [5.74, 6) is 0.829. The standard InChI is InChI=1S/C25H22Cl2FN5OS/c1-15-3-6-19(27)13-22(15)33-23(16(2)29-24(34)30-21-11-7-18(26)8-12-21)31-32-25(33)35-14-17-4-9-20(28)10-5-17/h3-13,16H,14H2,1-2H3,(H2,29,30,34). The first-order chi connectivity index (χ1) is 16.8. The SMILES string of the molecule is Cc1ccc(Cl)cc1-n1c(SCc2ccc(F)cc2)nnc1C(C)NC(=O)Nc1ccc(Cl)cc1. The second-order valence-electron chi connectivity index (χ2n) is 7.85. The number of urea groups is 1. The molecule has 2 amide bonds. The molecule has 0 saturated carbocycles. The van der Waals surface area contributed by atoms with Crippen LogP contribution in [0.2, 0.25) is 10.0 Å². The van der Waals surface area contributed by atoms with Crippen molar-refractivity contribution in [3.05, 3.63) is 99.5 Å². The van der Waals surface area contributed by atoms with Gasteiger partial charge in [0.15, 0.2) is 11.0 Å². The van der Waals surface area contributed by atoms with Gasteiger partial charge < -0.3 is 10.6 Å². The minimum Gasteiger partial charge on any atom is -0.328 e. The molecule has 180 valence electrons. The second kappa shape index (κ2) is 11.1. The van der Waals surface area contributed by atoms with Crippen LogP contribution in [-0.4, -0.2) is 20.8 Å². The zero-order chi connectivity index (χ0) is 24.9. The predicted molar refractivity (Wildman–Crippen MR) is 139 cm³/mol. The maximum Gasteiger partial charge on any atom is 0.319 e. The monoisotopic (exact) mass is 529 g/mol. The van der Waals surface area contributed by atoms with Gasteiger partial charge in [0, 0.05) is 21.5 Å². The summed E-state index contributed by atoms with van der Waals surface area (Å²) in [5, 5.41) is 16.3. The molecule has 0 fully saturated rings. The number of benzene rings is 3. The number of carbonyl (C=O) groups excluding carboxylic acids is 1. The number of rotatable bonds is 7. The van der Waals surface area contributed by atoms with Crippen LogP contribution in [0.4, 0.5) is 14.9 Å². The number of anilines is 1. The van der Waals surface area contributed by atoms with Crippen LogP contribution in [0.25, 0.3) is 5.69 Å². The van der Waals surface area contributed by atoms with Crippen molar-refractivity contribution in [2.75, 3.05) is 5.32 Å². The summed E-state index contributed by atoms with van der Waals surface area (Å²) in [4.78, 5) is 12.6. The smallest absolute Gasteiger partial charge is 0.319 e. The number of carbonyl (C=O) groups is 1. The average molecular weight is 530 g/mol. The molecule has 1 unspecified atom stereocenters. The van der Waals surface area contributed by atoms with E-state index in [4.69, 9.17) is 23.2 Å². The van der Waals surface area contributed by atoms with E-state index in [1.807, 2.05) is 36.6 Å². The van der Waals surface area contributed by atoms with E-state index in [1.54, 1.807) is 36.4 Å². The molecule has 0 radical (unpaired) electrons. The Hall–Kier alpha value is -3.07. The van der Waals surface area contributed by atoms with Crippen molar-refractivity contribution < 1.29 is 9.18 Å². The summed E-state index contributed by atoms with van der Waals surface area (Å²) in [6.45, 7) is 3.80. The zero-order valence-corrected chi connectivity index (χ0v) is 21.3. The molecule has 0 spiro atoms. The molecule has 4 aromatic rings. The fraction of sp³-hybridized carbons (Fsp3) is 0.160. The van der Waals surface area contributed by atoms with Crippen LogP contribution in [0.5, 0.6) is 0 Å². The molecule has 35 heavy (non-hydrogen) atoms. The minimum absolute atomic E-state index is 0.282. The Morgan fingerprint density at radius 2 is 1.71 bits per heavy atom. The minimum atomic E-state index is -0.478. The van der Waals surface area contributed by atoms with Crippen LogP contribution in [0.3, 0.4) is 0 Å². The molecule has 0 aliphatic carbocycles. The molecule has 1 aromatic heterocycles. The van der Waals surface area contributed by atoms with Gasteiger partial charge in [0.1, 0.15) is 5.82 Å². The average Bonchev–Trinajstić information content (AvgIpc) is 3.25. The van der Waals surface area contributed by atoms with E-state index >= 15 is 0 Å². The summed E-state index contributed by atoms with van der Waals surface area (Å²) in [7, 11) is 0. The summed E-state index contributed by atoms with van der Waals surface area (Å²) < 4.78 is 15.2. The van der Waals surface area contributed by atoms with Gasteiger partial charge in [-0.1, -0.05) is 53.2 Å². The van der Waals surface area contributed by atoms with Crippen LogP contribution in [0.15, 0.2) is 71.9 Å². The highest BCUT2D eigenvalue weighted by molar-refractivity contribution is 7.98. The Bertz CT molecular complexity index is 1330. The summed E-state index contributed by atoms with van der Waals surface area (Å²) in [5.41, 5.74) is 3.34. The number of amides is 2. The Morgan fingerprint density at radius 3 is 2.43 bits per heavy atom. The first-order valence-electron chi connectivity index (χ1n) is 10.7. The summed E-state index contributed by atoms with van der Waals surface area (Å²) >= 11 is 13.7. The molecule has 3 aromatic carbocycles. The lowest BCUT2D eigenvalue weighted by atomic mass is 10.2. The molecular formula is C25H22Cl2FN5OS. The molecule has 0 saturated heterocycles. The third-order valence-electron chi connectivity index (χ3n) is 5.19. The van der Waals surface area contributed by atoms with Gasteiger partial charge in [0.2, 0.25) is 0 Å². The normalized spacial score (nSPS) is 11.8. The van der Waals surface area contributed by atoms with E-state index in [2.05, 4.69) is 20.8 Å². The third kappa shape index (κ3) is 6.33. The van der Waals surface area contributed by atoms with Gasteiger partial charge in [-0.2, -0.15) is 0 Å². The van der Waals surface area contributed by atoms with Crippen LogP contribution < -0.4 is 10.6 Å². The van der Waals surface area contributed by atoms with Gasteiger partial charge in [-0.3, -0.25) is 4.57 Å². The van der Waals surface area contributed by atoms with Crippen LogP contribution in [-0.2, 0) is 5.75 Å². The topological polar surface area (TPSA) is 71.8 Å². The number of nitrogens with zero attached hydrogens (tertiary/aromatic N) is 3. The molecular weight excluding hydrogens is 508 g/mol. The fourth-order valence-corrected chi connectivity index (χ4v) is 4.60. The first-order valence-corrected chi connectivity index (χ1v) is 12.5. The molecule has 6 nitrogen and oxygen atoms in total. The molecule has 1 heterocycles. The lowest BCUT2D eigenvalue weighted by Gasteiger charge is -2.18. The van der Waals surface area contributed by atoms with Gasteiger partial charge in [0.25, 0.3) is 0 Å². The van der Waals surface area contributed by atoms with Gasteiger partial charge in [-0.05, 0) is 73.5 Å². The Balaban J connectivity index is 1.60. The van der Waals surface area contributed by atoms with Crippen molar-refractivity contribution in [2.24, 2.45) is 0 Å². The van der Waals surface area contributed by atoms with Gasteiger partial charge in [-0.15, -0.1) is 10.2 Å². The van der Waals surface area contributed by atoms with E-state index in [-0.39, 0.29) is 5.82 Å². The number of aromatic nitrogens is 3. The molecule has 4 rings (SSSR count). The Morgan fingerprint density at radius 1 is 1.03 bits per heavy atom. The number of halogens is 3. The molecule has 0 aliphatic rings. The lowest BCUT2D eigenvalue weighted by Crippen LogP contribution is -2.32. The van der Waals surface area contributed by atoms with E-state index in [1.165, 1.54) is 23.9 Å². The zero-order valence-electron chi connectivity index (χ0n) is 18.9. The number of thioether (sulfide) groups is 1. The quantitative estimate of drug-likeness (QED) is 0.248. The molecule has 2 N–H and O–H groups in total. The summed E-state index contributed by atoms with van der Waals surface area (Å²) in [6.07, 6.45) is 0. The largest absolute Gasteiger partial charge is 0.328 e. The van der Waals surface area contributed by atoms with Crippen molar-refractivity contribution in [3.63, 3.8) is 0 Å². The highest BCUT2D eigenvalue weighted by atomic mass is 35.5. The van der Waals surface area contributed by atoms with E-state index in [0.29, 0.717) is 32.5 Å². The molecule has 0 aliphatic heterocycles. The van der Waals surface area contributed by atoms with Crippen LogP contribution in [0.1, 0.15) is 29.9 Å². The van der Waals surface area contributed by atoms with Crippen molar-refractivity contribution in [2.45, 2.75) is 30.8 Å². The van der Waals surface area contributed by atoms with E-state index in [9.17, 15) is 9.18 Å². The predicted octanol–water partition coefficient (Wildman–Crippen LogP) is 7.20. The number of hydrogen-bond donors (Lipinski definition) is 2. The Kier molecular flexibility index (Phi) is 7.95. The highest BCUT2D eigenvalue weighted by Crippen LogP contribution is 2.30. The van der Waals surface area contributed by atoms with Crippen LogP contribution in [0, 0.1) is 12.7 Å². The molecule has 10 heteroatoms. The number of hydrogen-bond acceptors (Lipinski definition) is 4. The highest BCUT2D eigenvalue weighted by Gasteiger charge is 2.22. The van der Waals surface area contributed by atoms with Gasteiger partial charge >= 0.3 is 6.03 Å². The van der Waals surface area contributed by atoms with Crippen molar-refractivity contribution in [1.82, 2.24) is 20.1 Å². The maximum atomic E-state index is 13.3. The lowest BCUT2D eigenvalue weighted by molar-refractivity contribution is 0.249. The number of nitrogens with one attached hydrogen (secondary N) is 2. The second-order valence-corrected chi connectivity index (χ2v) is 9.66. The number of aryl methyl sites for hydroxylation is 1.